The Morgan fingerprint density at radius 3 is 2.54 bits per heavy atom. The van der Waals surface area contributed by atoms with Crippen LogP contribution in [0, 0.1) is 26.6 Å². The van der Waals surface area contributed by atoms with Crippen LogP contribution in [0.2, 0.25) is 0 Å². The Morgan fingerprint density at radius 1 is 0.962 bits per heavy atom. The number of imidazole rings is 2. The van der Waals surface area contributed by atoms with E-state index in [0.29, 0.717) is 11.6 Å². The van der Waals surface area contributed by atoms with Gasteiger partial charge in [0.05, 0.1) is 11.4 Å². The lowest BCUT2D eigenvalue weighted by Gasteiger charge is -2.13. The zero-order chi connectivity index (χ0) is 18.4. The van der Waals surface area contributed by atoms with Crippen molar-refractivity contribution >= 4 is 11.3 Å². The summed E-state index contributed by atoms with van der Waals surface area (Å²) in [4.78, 5) is 9.02. The summed E-state index contributed by atoms with van der Waals surface area (Å²) in [6.07, 6.45) is 9.86. The van der Waals surface area contributed by atoms with Crippen LogP contribution in [0.15, 0.2) is 36.9 Å². The van der Waals surface area contributed by atoms with Crippen molar-refractivity contribution in [2.24, 2.45) is 0 Å². The SMILES string of the molecule is Cc1cc(F)c2nc(CCC(C)c3cc(C)c4nc(C)cn4c3)cn2c1. The molecule has 0 radical (unpaired) electrons. The van der Waals surface area contributed by atoms with Gasteiger partial charge in [0.15, 0.2) is 11.5 Å². The number of aromatic nitrogens is 4. The second-order valence-corrected chi connectivity index (χ2v) is 7.34. The van der Waals surface area contributed by atoms with Gasteiger partial charge in [0, 0.05) is 24.8 Å². The molecule has 4 heterocycles. The fraction of sp³-hybridized carbons (Fsp3) is 0.333. The van der Waals surface area contributed by atoms with E-state index in [4.69, 9.17) is 0 Å². The van der Waals surface area contributed by atoms with E-state index in [-0.39, 0.29) is 5.82 Å². The lowest BCUT2D eigenvalue weighted by molar-refractivity contribution is 0.628. The second kappa shape index (κ2) is 6.24. The summed E-state index contributed by atoms with van der Waals surface area (Å²) < 4.78 is 17.9. The molecule has 26 heavy (non-hydrogen) atoms. The van der Waals surface area contributed by atoms with E-state index >= 15 is 0 Å². The van der Waals surface area contributed by atoms with Crippen molar-refractivity contribution in [1.29, 1.82) is 0 Å². The molecule has 4 rings (SSSR count). The highest BCUT2D eigenvalue weighted by Crippen LogP contribution is 2.24. The molecule has 1 unspecified atom stereocenters. The molecule has 0 saturated carbocycles. The smallest absolute Gasteiger partial charge is 0.173 e. The normalized spacial score (nSPS) is 13.0. The average molecular weight is 350 g/mol. The zero-order valence-corrected chi connectivity index (χ0v) is 15.6. The molecular weight excluding hydrogens is 327 g/mol. The third-order valence-corrected chi connectivity index (χ3v) is 4.97. The molecule has 0 aromatic carbocycles. The molecule has 0 aliphatic carbocycles. The Bertz CT molecular complexity index is 1110. The van der Waals surface area contributed by atoms with Gasteiger partial charge in [0.25, 0.3) is 0 Å². The van der Waals surface area contributed by atoms with Gasteiger partial charge >= 0.3 is 0 Å². The number of pyridine rings is 2. The van der Waals surface area contributed by atoms with Gasteiger partial charge in [-0.25, -0.2) is 14.4 Å². The van der Waals surface area contributed by atoms with Crippen LogP contribution in [0.5, 0.6) is 0 Å². The van der Waals surface area contributed by atoms with E-state index in [1.54, 1.807) is 4.40 Å². The molecular formula is C21H23FN4. The molecule has 5 heteroatoms. The number of nitrogens with zero attached hydrogens (tertiary/aromatic N) is 4. The van der Waals surface area contributed by atoms with Crippen LogP contribution in [0.1, 0.15) is 47.3 Å². The van der Waals surface area contributed by atoms with Crippen molar-refractivity contribution in [1.82, 2.24) is 18.8 Å². The molecule has 1 atom stereocenters. The van der Waals surface area contributed by atoms with Crippen LogP contribution < -0.4 is 0 Å². The summed E-state index contributed by atoms with van der Waals surface area (Å²) in [6, 6.07) is 3.75. The molecule has 4 aromatic heterocycles. The van der Waals surface area contributed by atoms with Crippen LogP contribution in [0.3, 0.4) is 0 Å². The standard InChI is InChI=1S/C21H23FN4/c1-13-7-19(22)21-24-18(12-25(21)9-13)6-5-14(2)17-8-15(3)20-23-16(4)10-26(20)11-17/h7-12,14H,5-6H2,1-4H3. The molecule has 134 valence electrons. The monoisotopic (exact) mass is 350 g/mol. The highest BCUT2D eigenvalue weighted by Gasteiger charge is 2.12. The maximum Gasteiger partial charge on any atom is 0.173 e. The molecule has 0 fully saturated rings. The fourth-order valence-corrected chi connectivity index (χ4v) is 3.58. The van der Waals surface area contributed by atoms with E-state index in [1.165, 1.54) is 17.2 Å². The molecule has 0 amide bonds. The molecule has 4 nitrogen and oxygen atoms in total. The van der Waals surface area contributed by atoms with Crippen LogP contribution in [-0.4, -0.2) is 18.8 Å². The number of rotatable bonds is 4. The summed E-state index contributed by atoms with van der Waals surface area (Å²) in [5, 5.41) is 0. The van der Waals surface area contributed by atoms with Gasteiger partial charge in [-0.05, 0) is 62.3 Å². The van der Waals surface area contributed by atoms with E-state index in [1.807, 2.05) is 26.2 Å². The summed E-state index contributed by atoms with van der Waals surface area (Å²) in [6.45, 7) is 8.23. The minimum Gasteiger partial charge on any atom is -0.306 e. The number of aryl methyl sites for hydroxylation is 4. The first-order chi connectivity index (χ1) is 12.4. The first-order valence-corrected chi connectivity index (χ1v) is 9.00. The molecule has 0 N–H and O–H groups in total. The Balaban J connectivity index is 1.55. The van der Waals surface area contributed by atoms with E-state index in [0.717, 1.165) is 35.4 Å². The topological polar surface area (TPSA) is 34.6 Å². The molecule has 0 spiro atoms. The number of halogens is 1. The Kier molecular flexibility index (Phi) is 4.02. The summed E-state index contributed by atoms with van der Waals surface area (Å²) in [5.74, 6) is 0.123. The first-order valence-electron chi connectivity index (χ1n) is 9.00. The molecule has 0 aliphatic rings. The van der Waals surface area contributed by atoms with Crippen molar-refractivity contribution in [3.05, 3.63) is 70.8 Å². The van der Waals surface area contributed by atoms with E-state index in [9.17, 15) is 4.39 Å². The lowest BCUT2D eigenvalue weighted by Crippen LogP contribution is -2.00. The van der Waals surface area contributed by atoms with Gasteiger partial charge in [-0.1, -0.05) is 13.0 Å². The van der Waals surface area contributed by atoms with Crippen molar-refractivity contribution in [2.75, 3.05) is 0 Å². The van der Waals surface area contributed by atoms with Gasteiger partial charge in [0.1, 0.15) is 5.65 Å². The minimum atomic E-state index is -0.263. The largest absolute Gasteiger partial charge is 0.306 e. The molecule has 0 saturated heterocycles. The van der Waals surface area contributed by atoms with E-state index < -0.39 is 0 Å². The maximum absolute atomic E-state index is 14.0. The number of hydrogen-bond acceptors (Lipinski definition) is 2. The Morgan fingerprint density at radius 2 is 1.73 bits per heavy atom. The third kappa shape index (κ3) is 2.98. The maximum atomic E-state index is 14.0. The van der Waals surface area contributed by atoms with Crippen LogP contribution >= 0.6 is 0 Å². The number of fused-ring (bicyclic) bond motifs is 2. The second-order valence-electron chi connectivity index (χ2n) is 7.34. The van der Waals surface area contributed by atoms with Crippen LogP contribution in [-0.2, 0) is 6.42 Å². The van der Waals surface area contributed by atoms with Gasteiger partial charge in [0.2, 0.25) is 0 Å². The lowest BCUT2D eigenvalue weighted by atomic mass is 9.96. The van der Waals surface area contributed by atoms with Crippen molar-refractivity contribution in [3.63, 3.8) is 0 Å². The average Bonchev–Trinajstić information content (AvgIpc) is 3.15. The van der Waals surface area contributed by atoms with E-state index in [2.05, 4.69) is 46.7 Å². The van der Waals surface area contributed by atoms with Gasteiger partial charge < -0.3 is 8.80 Å². The zero-order valence-electron chi connectivity index (χ0n) is 15.6. The summed E-state index contributed by atoms with van der Waals surface area (Å²) in [5.41, 5.74) is 6.75. The molecule has 0 bridgehead atoms. The van der Waals surface area contributed by atoms with Gasteiger partial charge in [-0.3, -0.25) is 0 Å². The van der Waals surface area contributed by atoms with Gasteiger partial charge in [-0.2, -0.15) is 0 Å². The fourth-order valence-electron chi connectivity index (χ4n) is 3.58. The predicted octanol–water partition coefficient (Wildman–Crippen LogP) is 4.78. The predicted molar refractivity (Wildman–Crippen MR) is 101 cm³/mol. The molecule has 0 aliphatic heterocycles. The Hall–Kier alpha value is -2.69. The van der Waals surface area contributed by atoms with Crippen molar-refractivity contribution in [2.45, 2.75) is 46.5 Å². The van der Waals surface area contributed by atoms with Gasteiger partial charge in [-0.15, -0.1) is 0 Å². The summed E-state index contributed by atoms with van der Waals surface area (Å²) in [7, 11) is 0. The first kappa shape index (κ1) is 16.8. The minimum absolute atomic E-state index is 0.263. The molecule has 4 aromatic rings. The van der Waals surface area contributed by atoms with Crippen LogP contribution in [0.4, 0.5) is 4.39 Å². The van der Waals surface area contributed by atoms with Crippen molar-refractivity contribution < 1.29 is 4.39 Å². The Labute approximate surface area is 152 Å². The van der Waals surface area contributed by atoms with Crippen molar-refractivity contribution in [3.8, 4) is 0 Å². The highest BCUT2D eigenvalue weighted by atomic mass is 19.1. The van der Waals surface area contributed by atoms with Crippen LogP contribution in [0.25, 0.3) is 11.3 Å². The third-order valence-electron chi connectivity index (χ3n) is 4.97. The quantitative estimate of drug-likeness (QED) is 0.531. The summed E-state index contributed by atoms with van der Waals surface area (Å²) >= 11 is 0. The number of hydrogen-bond donors (Lipinski definition) is 0. The highest BCUT2D eigenvalue weighted by molar-refractivity contribution is 5.50.